The molecular formula is C26H27N7O5S2. The van der Waals surface area contributed by atoms with Crippen molar-refractivity contribution in [3.63, 3.8) is 0 Å². The number of aromatic nitrogens is 6. The molecule has 2 aliphatic rings. The van der Waals surface area contributed by atoms with Gasteiger partial charge in [0.25, 0.3) is 5.91 Å². The molecule has 208 valence electrons. The fourth-order valence-corrected chi connectivity index (χ4v) is 5.04. The number of morpholine rings is 1. The first-order valence-corrected chi connectivity index (χ1v) is 12.3. The largest absolute Gasteiger partial charge is 0.470 e. The highest BCUT2D eigenvalue weighted by molar-refractivity contribution is 7.59. The van der Waals surface area contributed by atoms with E-state index in [1.54, 1.807) is 36.0 Å². The van der Waals surface area contributed by atoms with Gasteiger partial charge in [0.2, 0.25) is 11.7 Å². The van der Waals surface area contributed by atoms with E-state index in [-0.39, 0.29) is 51.7 Å². The van der Waals surface area contributed by atoms with Crippen molar-refractivity contribution in [2.24, 2.45) is 0 Å². The summed E-state index contributed by atoms with van der Waals surface area (Å²) in [6.45, 7) is 1.71. The fraction of sp³-hybridized carbons (Fsp3) is 0.308. The minimum Gasteiger partial charge on any atom is -0.470 e. The van der Waals surface area contributed by atoms with E-state index in [1.807, 2.05) is 29.2 Å². The van der Waals surface area contributed by atoms with Crippen LogP contribution in [0, 0.1) is 0 Å². The van der Waals surface area contributed by atoms with Crippen molar-refractivity contribution in [1.29, 1.82) is 0 Å². The SMILES string of the molecule is COCc1cc(-c2nnc3c4ccccc4c(OCc4ccc(C(=O)N5C[C@@H]6C[C@H]5CO6)cn4)nn23)no1.S.S. The monoisotopic (exact) mass is 581 g/mol. The van der Waals surface area contributed by atoms with Crippen LogP contribution in [0.15, 0.2) is 53.2 Å². The predicted octanol–water partition coefficient (Wildman–Crippen LogP) is 2.89. The molecule has 0 unspecified atom stereocenters. The second-order valence-corrected chi connectivity index (χ2v) is 9.35. The summed E-state index contributed by atoms with van der Waals surface area (Å²) in [5.41, 5.74) is 2.28. The molecule has 2 saturated heterocycles. The molecule has 2 atom stereocenters. The lowest BCUT2D eigenvalue weighted by Gasteiger charge is -2.26. The number of hydrogen-bond acceptors (Lipinski definition) is 10. The van der Waals surface area contributed by atoms with Gasteiger partial charge in [-0.2, -0.15) is 31.5 Å². The Kier molecular flexibility index (Phi) is 7.94. The predicted molar refractivity (Wildman–Crippen MR) is 153 cm³/mol. The molecule has 7 rings (SSSR count). The van der Waals surface area contributed by atoms with Crippen molar-refractivity contribution in [2.45, 2.75) is 31.8 Å². The van der Waals surface area contributed by atoms with Gasteiger partial charge in [-0.3, -0.25) is 9.78 Å². The Morgan fingerprint density at radius 2 is 1.95 bits per heavy atom. The van der Waals surface area contributed by atoms with Crippen LogP contribution in [0.3, 0.4) is 0 Å². The molecule has 0 saturated carbocycles. The smallest absolute Gasteiger partial charge is 0.255 e. The molecule has 0 spiro atoms. The molecule has 2 bridgehead atoms. The highest BCUT2D eigenvalue weighted by Crippen LogP contribution is 2.30. The average molecular weight is 582 g/mol. The van der Waals surface area contributed by atoms with E-state index in [2.05, 4.69) is 25.4 Å². The summed E-state index contributed by atoms with van der Waals surface area (Å²) in [5.74, 6) is 1.36. The summed E-state index contributed by atoms with van der Waals surface area (Å²) in [6.07, 6.45) is 2.67. The molecule has 2 aliphatic heterocycles. The van der Waals surface area contributed by atoms with E-state index in [0.717, 1.165) is 17.2 Å². The molecule has 0 radical (unpaired) electrons. The Hall–Kier alpha value is -3.72. The Morgan fingerprint density at radius 1 is 1.10 bits per heavy atom. The number of benzene rings is 1. The molecule has 5 aromatic rings. The van der Waals surface area contributed by atoms with Crippen LogP contribution in [0.25, 0.3) is 27.9 Å². The lowest BCUT2D eigenvalue weighted by molar-refractivity contribution is 0.0259. The highest BCUT2D eigenvalue weighted by atomic mass is 32.1. The van der Waals surface area contributed by atoms with Gasteiger partial charge in [-0.25, -0.2) is 0 Å². The van der Waals surface area contributed by atoms with E-state index in [1.165, 1.54) is 0 Å². The molecule has 12 nitrogen and oxygen atoms in total. The van der Waals surface area contributed by atoms with Gasteiger partial charge in [0.1, 0.15) is 13.2 Å². The lowest BCUT2D eigenvalue weighted by atomic mass is 10.2. The van der Waals surface area contributed by atoms with Crippen LogP contribution < -0.4 is 4.74 Å². The number of pyridine rings is 1. The molecule has 0 aliphatic carbocycles. The summed E-state index contributed by atoms with van der Waals surface area (Å²) in [7, 11) is 1.58. The van der Waals surface area contributed by atoms with Gasteiger partial charge in [-0.05, 0) is 24.6 Å². The molecule has 0 N–H and O–H groups in total. The van der Waals surface area contributed by atoms with E-state index in [4.69, 9.17) is 18.7 Å². The molecular weight excluding hydrogens is 554 g/mol. The maximum atomic E-state index is 12.9. The first-order valence-electron chi connectivity index (χ1n) is 12.3. The zero-order chi connectivity index (χ0) is 25.6. The van der Waals surface area contributed by atoms with Gasteiger partial charge < -0.3 is 23.6 Å². The number of carbonyl (C=O) groups is 1. The van der Waals surface area contributed by atoms with Gasteiger partial charge in [0.15, 0.2) is 17.1 Å². The zero-order valence-electron chi connectivity index (χ0n) is 21.5. The van der Waals surface area contributed by atoms with Crippen LogP contribution in [-0.4, -0.2) is 73.2 Å². The number of hydrogen-bond donors (Lipinski definition) is 0. The first kappa shape index (κ1) is 27.8. The quantitative estimate of drug-likeness (QED) is 0.283. The minimum absolute atomic E-state index is 0. The van der Waals surface area contributed by atoms with Crippen LogP contribution in [0.4, 0.5) is 0 Å². The maximum Gasteiger partial charge on any atom is 0.255 e. The summed E-state index contributed by atoms with van der Waals surface area (Å²) in [6, 6.07) is 13.2. The molecule has 4 aromatic heterocycles. The number of ether oxygens (including phenoxy) is 3. The van der Waals surface area contributed by atoms with Crippen molar-refractivity contribution in [2.75, 3.05) is 20.3 Å². The Morgan fingerprint density at radius 3 is 2.67 bits per heavy atom. The number of likely N-dealkylation sites (tertiary alicyclic amines) is 1. The maximum absolute atomic E-state index is 12.9. The summed E-state index contributed by atoms with van der Waals surface area (Å²) in [4.78, 5) is 19.3. The van der Waals surface area contributed by atoms with Crippen LogP contribution in [0.2, 0.25) is 0 Å². The second-order valence-electron chi connectivity index (χ2n) is 9.35. The minimum atomic E-state index is -0.0134. The van der Waals surface area contributed by atoms with E-state index in [9.17, 15) is 4.79 Å². The highest BCUT2D eigenvalue weighted by Gasteiger charge is 2.41. The molecule has 40 heavy (non-hydrogen) atoms. The van der Waals surface area contributed by atoms with E-state index in [0.29, 0.717) is 59.8 Å². The van der Waals surface area contributed by atoms with Gasteiger partial charge >= 0.3 is 0 Å². The summed E-state index contributed by atoms with van der Waals surface area (Å²) >= 11 is 0. The molecule has 1 aromatic carbocycles. The molecule has 2 fully saturated rings. The number of fused-ring (bicyclic) bond motifs is 5. The van der Waals surface area contributed by atoms with Gasteiger partial charge in [-0.15, -0.1) is 15.3 Å². The van der Waals surface area contributed by atoms with E-state index < -0.39 is 0 Å². The van der Waals surface area contributed by atoms with Crippen molar-refractivity contribution >= 4 is 49.3 Å². The molecule has 1 amide bonds. The number of nitrogens with zero attached hydrogens (tertiary/aromatic N) is 7. The third kappa shape index (κ3) is 4.87. The number of rotatable bonds is 7. The third-order valence-electron chi connectivity index (χ3n) is 6.89. The standard InChI is InChI=1S/C26H23N7O5.2H2S/c1-35-14-19-9-22(31-38-19)24-29-28-23-20-4-2-3-5-21(20)25(30-33(23)24)37-12-16-7-6-15(10-27-16)26(34)32-11-18-8-17(32)13-36-18;;/h2-7,9-10,17-18H,8,11-14H2,1H3;2*1H2/t17-,18-;;/m0../s1. The number of amides is 1. The van der Waals surface area contributed by atoms with Crippen LogP contribution in [0.5, 0.6) is 5.88 Å². The van der Waals surface area contributed by atoms with E-state index >= 15 is 0 Å². The third-order valence-corrected chi connectivity index (χ3v) is 6.89. The Balaban J connectivity index is 0.00000161. The van der Waals surface area contributed by atoms with Crippen LogP contribution in [0.1, 0.15) is 28.2 Å². The van der Waals surface area contributed by atoms with Crippen molar-refractivity contribution in [3.05, 3.63) is 65.7 Å². The summed E-state index contributed by atoms with van der Waals surface area (Å²) in [5, 5.41) is 19.0. The Labute approximate surface area is 242 Å². The fourth-order valence-electron chi connectivity index (χ4n) is 5.04. The van der Waals surface area contributed by atoms with Crippen molar-refractivity contribution in [1.82, 2.24) is 34.9 Å². The normalized spacial score (nSPS) is 17.7. The zero-order valence-corrected chi connectivity index (χ0v) is 23.5. The van der Waals surface area contributed by atoms with Crippen molar-refractivity contribution in [3.8, 4) is 17.4 Å². The first-order chi connectivity index (χ1) is 18.7. The van der Waals surface area contributed by atoms with Gasteiger partial charge in [-0.1, -0.05) is 23.4 Å². The lowest BCUT2D eigenvalue weighted by Crippen LogP contribution is -2.41. The van der Waals surface area contributed by atoms with Crippen LogP contribution >= 0.6 is 27.0 Å². The number of methoxy groups -OCH3 is 1. The molecule has 14 heteroatoms. The topological polar surface area (TPSA) is 130 Å². The summed E-state index contributed by atoms with van der Waals surface area (Å²) < 4.78 is 23.8. The average Bonchev–Trinajstić information content (AvgIpc) is 3.76. The van der Waals surface area contributed by atoms with Gasteiger partial charge in [0.05, 0.1) is 30.0 Å². The van der Waals surface area contributed by atoms with Gasteiger partial charge in [0, 0.05) is 36.7 Å². The van der Waals surface area contributed by atoms with Crippen LogP contribution in [-0.2, 0) is 22.7 Å². The van der Waals surface area contributed by atoms with Crippen molar-refractivity contribution < 1.29 is 23.5 Å². The Bertz CT molecular complexity index is 1660. The number of carbonyl (C=O) groups excluding carboxylic acids is 1. The molecule has 6 heterocycles. The second kappa shape index (κ2) is 11.4.